The van der Waals surface area contributed by atoms with Gasteiger partial charge in [-0.2, -0.15) is 8.42 Å². The number of hydrogen-bond donors (Lipinski definition) is 0. The summed E-state index contributed by atoms with van der Waals surface area (Å²) >= 11 is 0. The largest absolute Gasteiger partial charge is 0.318 e. The summed E-state index contributed by atoms with van der Waals surface area (Å²) in [6.45, 7) is 3.77. The van der Waals surface area contributed by atoms with E-state index in [-0.39, 0.29) is 16.0 Å². The fraction of sp³-hybridized carbons (Fsp3) is 0.143. The maximum absolute atomic E-state index is 13.0. The standard InChI is InChI=1S/C21H17NO5S/c1-3-14-11-15-5-4-6-17-19(15)18(12-14)21(24)22(20(17)23)27-28(25,26)16-9-7-13(2)8-10-16/h4-12H,3H2,1-2H3. The lowest BCUT2D eigenvalue weighted by molar-refractivity contribution is -0.0155. The van der Waals surface area contributed by atoms with E-state index in [4.69, 9.17) is 4.28 Å². The van der Waals surface area contributed by atoms with Crippen molar-refractivity contribution >= 4 is 32.7 Å². The monoisotopic (exact) mass is 395 g/mol. The van der Waals surface area contributed by atoms with Crippen molar-refractivity contribution < 1.29 is 22.3 Å². The Morgan fingerprint density at radius 2 is 1.61 bits per heavy atom. The Kier molecular flexibility index (Phi) is 4.28. The molecule has 0 aromatic heterocycles. The normalized spacial score (nSPS) is 14.0. The molecule has 142 valence electrons. The summed E-state index contributed by atoms with van der Waals surface area (Å²) in [7, 11) is -4.35. The molecule has 4 rings (SSSR count). The molecular weight excluding hydrogens is 378 g/mol. The average Bonchev–Trinajstić information content (AvgIpc) is 2.69. The highest BCUT2D eigenvalue weighted by atomic mass is 32.2. The minimum Gasteiger partial charge on any atom is -0.266 e. The van der Waals surface area contributed by atoms with Crippen LogP contribution in [-0.4, -0.2) is 25.3 Å². The van der Waals surface area contributed by atoms with E-state index in [1.807, 2.05) is 26.0 Å². The van der Waals surface area contributed by atoms with Gasteiger partial charge in [-0.15, -0.1) is 9.35 Å². The van der Waals surface area contributed by atoms with Gasteiger partial charge in [0.05, 0.1) is 16.0 Å². The van der Waals surface area contributed by atoms with Gasteiger partial charge in [-0.05, 0) is 48.6 Å². The zero-order chi connectivity index (χ0) is 20.1. The second kappa shape index (κ2) is 6.54. The van der Waals surface area contributed by atoms with Crippen LogP contribution in [0.25, 0.3) is 10.8 Å². The van der Waals surface area contributed by atoms with Crippen LogP contribution in [0.2, 0.25) is 0 Å². The summed E-state index contributed by atoms with van der Waals surface area (Å²) in [5, 5.41) is 1.61. The first-order valence-corrected chi connectivity index (χ1v) is 10.2. The number of benzene rings is 3. The molecule has 0 bridgehead atoms. The fourth-order valence-corrected chi connectivity index (χ4v) is 4.15. The molecule has 0 saturated heterocycles. The van der Waals surface area contributed by atoms with Crippen LogP contribution in [0.5, 0.6) is 0 Å². The molecule has 1 aliphatic rings. The van der Waals surface area contributed by atoms with Gasteiger partial charge in [0.1, 0.15) is 0 Å². The first-order chi connectivity index (χ1) is 13.3. The third-order valence-corrected chi connectivity index (χ3v) is 5.95. The summed E-state index contributed by atoms with van der Waals surface area (Å²) in [5.74, 6) is -1.59. The van der Waals surface area contributed by atoms with E-state index in [1.54, 1.807) is 30.3 Å². The number of aryl methyl sites for hydroxylation is 2. The molecule has 0 unspecified atom stereocenters. The fourth-order valence-electron chi connectivity index (χ4n) is 3.27. The predicted octanol–water partition coefficient (Wildman–Crippen LogP) is 3.63. The number of nitrogens with zero attached hydrogens (tertiary/aromatic N) is 1. The number of hydrogen-bond acceptors (Lipinski definition) is 5. The van der Waals surface area contributed by atoms with Gasteiger partial charge in [-0.3, -0.25) is 9.59 Å². The molecule has 0 atom stereocenters. The molecule has 0 N–H and O–H groups in total. The smallest absolute Gasteiger partial charge is 0.266 e. The Bertz CT molecular complexity index is 1230. The molecule has 0 aliphatic carbocycles. The molecule has 3 aromatic rings. The van der Waals surface area contributed by atoms with Crippen LogP contribution >= 0.6 is 0 Å². The summed E-state index contributed by atoms with van der Waals surface area (Å²) in [6.07, 6.45) is 0.691. The van der Waals surface area contributed by atoms with Crippen LogP contribution in [0.3, 0.4) is 0 Å². The minimum atomic E-state index is -4.35. The third kappa shape index (κ3) is 2.89. The first-order valence-electron chi connectivity index (χ1n) is 8.77. The van der Waals surface area contributed by atoms with Gasteiger partial charge in [0.2, 0.25) is 0 Å². The summed E-state index contributed by atoms with van der Waals surface area (Å²) in [4.78, 5) is 25.7. The van der Waals surface area contributed by atoms with Crippen LogP contribution in [0.1, 0.15) is 38.8 Å². The predicted molar refractivity (Wildman–Crippen MR) is 103 cm³/mol. The highest BCUT2D eigenvalue weighted by molar-refractivity contribution is 7.86. The van der Waals surface area contributed by atoms with Crippen molar-refractivity contribution in [2.45, 2.75) is 25.2 Å². The van der Waals surface area contributed by atoms with E-state index in [9.17, 15) is 18.0 Å². The summed E-state index contributed by atoms with van der Waals surface area (Å²) in [6, 6.07) is 14.6. The Hall–Kier alpha value is -3.03. The maximum atomic E-state index is 13.0. The SMILES string of the molecule is CCc1cc2c3c(cccc3c1)C(=O)N(OS(=O)(=O)c1ccc(C)cc1)C2=O. The highest BCUT2D eigenvalue weighted by Gasteiger charge is 2.37. The van der Waals surface area contributed by atoms with Crippen LogP contribution in [0.15, 0.2) is 59.5 Å². The van der Waals surface area contributed by atoms with Crippen molar-refractivity contribution in [1.29, 1.82) is 0 Å². The number of imide groups is 1. The molecule has 2 amide bonds. The average molecular weight is 395 g/mol. The van der Waals surface area contributed by atoms with Gasteiger partial charge in [0, 0.05) is 5.39 Å². The number of hydroxylamine groups is 2. The molecular formula is C21H17NO5S. The van der Waals surface area contributed by atoms with Gasteiger partial charge in [-0.25, -0.2) is 0 Å². The van der Waals surface area contributed by atoms with E-state index in [1.165, 1.54) is 12.1 Å². The van der Waals surface area contributed by atoms with E-state index in [0.29, 0.717) is 16.9 Å². The molecule has 3 aromatic carbocycles. The Morgan fingerprint density at radius 1 is 0.929 bits per heavy atom. The van der Waals surface area contributed by atoms with E-state index in [2.05, 4.69) is 0 Å². The summed E-state index contributed by atoms with van der Waals surface area (Å²) in [5.41, 5.74) is 2.26. The van der Waals surface area contributed by atoms with Crippen LogP contribution < -0.4 is 0 Å². The summed E-state index contributed by atoms with van der Waals surface area (Å²) < 4.78 is 30.2. The maximum Gasteiger partial charge on any atom is 0.318 e. The Balaban J connectivity index is 1.81. The van der Waals surface area contributed by atoms with Gasteiger partial charge in [0.25, 0.3) is 11.8 Å². The molecule has 28 heavy (non-hydrogen) atoms. The van der Waals surface area contributed by atoms with E-state index in [0.717, 1.165) is 16.5 Å². The van der Waals surface area contributed by atoms with Crippen LogP contribution in [0.4, 0.5) is 0 Å². The zero-order valence-electron chi connectivity index (χ0n) is 15.3. The molecule has 6 nitrogen and oxygen atoms in total. The lowest BCUT2D eigenvalue weighted by atomic mass is 9.92. The van der Waals surface area contributed by atoms with Gasteiger partial charge >= 0.3 is 10.1 Å². The number of rotatable bonds is 4. The van der Waals surface area contributed by atoms with Crippen molar-refractivity contribution in [3.63, 3.8) is 0 Å². The number of carbonyl (C=O) groups is 2. The van der Waals surface area contributed by atoms with Crippen molar-refractivity contribution in [2.75, 3.05) is 0 Å². The van der Waals surface area contributed by atoms with Crippen molar-refractivity contribution in [2.24, 2.45) is 0 Å². The second-order valence-electron chi connectivity index (χ2n) is 6.65. The third-order valence-electron chi connectivity index (χ3n) is 4.76. The first kappa shape index (κ1) is 18.3. The van der Waals surface area contributed by atoms with Gasteiger partial charge in [0.15, 0.2) is 0 Å². The van der Waals surface area contributed by atoms with Crippen molar-refractivity contribution in [3.05, 3.63) is 76.9 Å². The second-order valence-corrected chi connectivity index (χ2v) is 8.18. The van der Waals surface area contributed by atoms with Gasteiger partial charge in [-0.1, -0.05) is 42.8 Å². The van der Waals surface area contributed by atoms with Crippen LogP contribution in [0, 0.1) is 6.92 Å². The molecule has 0 radical (unpaired) electrons. The molecule has 1 heterocycles. The highest BCUT2D eigenvalue weighted by Crippen LogP contribution is 2.32. The van der Waals surface area contributed by atoms with E-state index >= 15 is 0 Å². The van der Waals surface area contributed by atoms with E-state index < -0.39 is 21.9 Å². The molecule has 7 heteroatoms. The molecule has 0 spiro atoms. The van der Waals surface area contributed by atoms with Crippen LogP contribution in [-0.2, 0) is 20.8 Å². The quantitative estimate of drug-likeness (QED) is 0.630. The van der Waals surface area contributed by atoms with Crippen molar-refractivity contribution in [1.82, 2.24) is 5.06 Å². The van der Waals surface area contributed by atoms with Crippen molar-refractivity contribution in [3.8, 4) is 0 Å². The Morgan fingerprint density at radius 3 is 2.29 bits per heavy atom. The van der Waals surface area contributed by atoms with Gasteiger partial charge < -0.3 is 0 Å². The Labute approximate surface area is 162 Å². The molecule has 0 fully saturated rings. The molecule has 0 saturated carbocycles. The lowest BCUT2D eigenvalue weighted by Crippen LogP contribution is -2.41. The topological polar surface area (TPSA) is 80.8 Å². The minimum absolute atomic E-state index is 0.134. The molecule has 1 aliphatic heterocycles. The number of amides is 2. The number of carbonyl (C=O) groups excluding carboxylic acids is 2. The lowest BCUT2D eigenvalue weighted by Gasteiger charge is -2.25. The zero-order valence-corrected chi connectivity index (χ0v) is 16.1.